The van der Waals surface area contributed by atoms with Crippen LogP contribution >= 0.6 is 0 Å². The highest BCUT2D eigenvalue weighted by atomic mass is 14.3. The maximum absolute atomic E-state index is 2.42. The standard InChI is InChI=1S/C9H14/c1-2-4-8(3-1)7-9-5-6-9/h1,3,8-9H,2,4-7H2. The van der Waals surface area contributed by atoms with Gasteiger partial charge in [0.2, 0.25) is 0 Å². The van der Waals surface area contributed by atoms with E-state index in [9.17, 15) is 0 Å². The molecule has 2 aliphatic carbocycles. The lowest BCUT2D eigenvalue weighted by molar-refractivity contribution is 0.537. The molecule has 0 aromatic rings. The Labute approximate surface area is 57.0 Å². The van der Waals surface area contributed by atoms with Gasteiger partial charge >= 0.3 is 0 Å². The predicted molar refractivity (Wildman–Crippen MR) is 39.2 cm³/mol. The minimum atomic E-state index is 0.970. The van der Waals surface area contributed by atoms with Crippen molar-refractivity contribution in [3.8, 4) is 0 Å². The SMILES string of the molecule is C1=CC(CC2CC2)CC1. The van der Waals surface area contributed by atoms with E-state index in [4.69, 9.17) is 0 Å². The van der Waals surface area contributed by atoms with Gasteiger partial charge in [-0.05, 0) is 31.1 Å². The van der Waals surface area contributed by atoms with E-state index in [2.05, 4.69) is 12.2 Å². The first-order valence-electron chi connectivity index (χ1n) is 4.12. The molecule has 0 spiro atoms. The number of hydrogen-bond donors (Lipinski definition) is 0. The first kappa shape index (κ1) is 5.52. The summed E-state index contributed by atoms with van der Waals surface area (Å²) in [6.07, 6.45) is 12.1. The fourth-order valence-corrected chi connectivity index (χ4v) is 1.67. The van der Waals surface area contributed by atoms with E-state index < -0.39 is 0 Å². The van der Waals surface area contributed by atoms with Crippen molar-refractivity contribution < 1.29 is 0 Å². The van der Waals surface area contributed by atoms with Gasteiger partial charge < -0.3 is 0 Å². The van der Waals surface area contributed by atoms with E-state index in [-0.39, 0.29) is 0 Å². The van der Waals surface area contributed by atoms with Gasteiger partial charge in [-0.15, -0.1) is 0 Å². The Morgan fingerprint density at radius 2 is 2.11 bits per heavy atom. The summed E-state index contributed by atoms with van der Waals surface area (Å²) < 4.78 is 0. The zero-order valence-electron chi connectivity index (χ0n) is 5.84. The van der Waals surface area contributed by atoms with Gasteiger partial charge in [-0.1, -0.05) is 25.0 Å². The normalized spacial score (nSPS) is 33.6. The lowest BCUT2D eigenvalue weighted by atomic mass is 10.0. The Morgan fingerprint density at radius 3 is 2.67 bits per heavy atom. The molecule has 2 rings (SSSR count). The topological polar surface area (TPSA) is 0 Å². The third-order valence-corrected chi connectivity index (χ3v) is 2.45. The van der Waals surface area contributed by atoms with Crippen molar-refractivity contribution in [3.63, 3.8) is 0 Å². The molecule has 50 valence electrons. The first-order chi connectivity index (χ1) is 4.45. The van der Waals surface area contributed by atoms with Gasteiger partial charge in [0.1, 0.15) is 0 Å². The van der Waals surface area contributed by atoms with E-state index in [1.807, 2.05) is 0 Å². The lowest BCUT2D eigenvalue weighted by Crippen LogP contribution is -1.91. The van der Waals surface area contributed by atoms with E-state index >= 15 is 0 Å². The van der Waals surface area contributed by atoms with Crippen LogP contribution in [0.2, 0.25) is 0 Å². The van der Waals surface area contributed by atoms with Crippen LogP contribution in [0.3, 0.4) is 0 Å². The Bertz CT molecular complexity index is 120. The Kier molecular flexibility index (Phi) is 1.33. The first-order valence-corrected chi connectivity index (χ1v) is 4.12. The maximum Gasteiger partial charge on any atom is -0.0228 e. The van der Waals surface area contributed by atoms with Crippen molar-refractivity contribution in [2.45, 2.75) is 32.1 Å². The molecule has 1 saturated carbocycles. The van der Waals surface area contributed by atoms with Crippen molar-refractivity contribution in [3.05, 3.63) is 12.2 Å². The van der Waals surface area contributed by atoms with E-state index in [1.54, 1.807) is 0 Å². The van der Waals surface area contributed by atoms with Crippen LogP contribution in [0, 0.1) is 11.8 Å². The third-order valence-electron chi connectivity index (χ3n) is 2.45. The van der Waals surface area contributed by atoms with Gasteiger partial charge in [0.05, 0.1) is 0 Å². The van der Waals surface area contributed by atoms with Crippen LogP contribution in [0.5, 0.6) is 0 Å². The number of hydrogen-bond acceptors (Lipinski definition) is 0. The molecular formula is C9H14. The summed E-state index contributed by atoms with van der Waals surface area (Å²) in [5.41, 5.74) is 0. The highest BCUT2D eigenvalue weighted by Gasteiger charge is 2.24. The fourth-order valence-electron chi connectivity index (χ4n) is 1.67. The Hall–Kier alpha value is -0.260. The molecule has 0 heterocycles. The number of allylic oxidation sites excluding steroid dienone is 2. The molecule has 2 aliphatic rings. The van der Waals surface area contributed by atoms with Crippen LogP contribution in [0.25, 0.3) is 0 Å². The summed E-state index contributed by atoms with van der Waals surface area (Å²) >= 11 is 0. The summed E-state index contributed by atoms with van der Waals surface area (Å²) in [6, 6.07) is 0. The van der Waals surface area contributed by atoms with Gasteiger partial charge in [-0.25, -0.2) is 0 Å². The molecule has 0 saturated heterocycles. The minimum absolute atomic E-state index is 0.970. The van der Waals surface area contributed by atoms with Crippen LogP contribution in [0.4, 0.5) is 0 Å². The van der Waals surface area contributed by atoms with Crippen molar-refractivity contribution in [2.24, 2.45) is 11.8 Å². The molecule has 0 aliphatic heterocycles. The summed E-state index contributed by atoms with van der Waals surface area (Å²) in [7, 11) is 0. The second kappa shape index (κ2) is 2.17. The van der Waals surface area contributed by atoms with E-state index in [1.165, 1.54) is 32.1 Å². The third kappa shape index (κ3) is 1.35. The molecule has 0 heteroatoms. The maximum atomic E-state index is 2.42. The van der Waals surface area contributed by atoms with E-state index in [0.717, 1.165) is 11.8 Å². The quantitative estimate of drug-likeness (QED) is 0.494. The minimum Gasteiger partial charge on any atom is -0.0882 e. The summed E-state index contributed by atoms with van der Waals surface area (Å²) in [6.45, 7) is 0. The van der Waals surface area contributed by atoms with Crippen LogP contribution in [0.15, 0.2) is 12.2 Å². The Balaban J connectivity index is 1.77. The second-order valence-electron chi connectivity index (χ2n) is 3.44. The fraction of sp³-hybridized carbons (Fsp3) is 0.778. The van der Waals surface area contributed by atoms with Gasteiger partial charge in [0.15, 0.2) is 0 Å². The predicted octanol–water partition coefficient (Wildman–Crippen LogP) is 2.75. The van der Waals surface area contributed by atoms with Gasteiger partial charge in [0.25, 0.3) is 0 Å². The molecule has 0 bridgehead atoms. The average Bonchev–Trinajstić information content (AvgIpc) is 2.46. The smallest absolute Gasteiger partial charge is 0.0228 e. The monoisotopic (exact) mass is 122 g/mol. The zero-order valence-corrected chi connectivity index (χ0v) is 5.84. The average molecular weight is 122 g/mol. The van der Waals surface area contributed by atoms with Crippen molar-refractivity contribution in [2.75, 3.05) is 0 Å². The van der Waals surface area contributed by atoms with Gasteiger partial charge in [-0.3, -0.25) is 0 Å². The second-order valence-corrected chi connectivity index (χ2v) is 3.44. The van der Waals surface area contributed by atoms with Crippen LogP contribution in [-0.2, 0) is 0 Å². The summed E-state index contributed by atoms with van der Waals surface area (Å²) in [5.74, 6) is 2.09. The molecular weight excluding hydrogens is 108 g/mol. The van der Waals surface area contributed by atoms with Gasteiger partial charge in [-0.2, -0.15) is 0 Å². The van der Waals surface area contributed by atoms with Crippen molar-refractivity contribution >= 4 is 0 Å². The summed E-state index contributed by atoms with van der Waals surface area (Å²) in [5, 5.41) is 0. The molecule has 0 nitrogen and oxygen atoms in total. The molecule has 0 amide bonds. The molecule has 1 unspecified atom stereocenters. The van der Waals surface area contributed by atoms with E-state index in [0.29, 0.717) is 0 Å². The highest BCUT2D eigenvalue weighted by molar-refractivity contribution is 4.97. The van der Waals surface area contributed by atoms with Crippen LogP contribution in [-0.4, -0.2) is 0 Å². The molecule has 1 atom stereocenters. The molecule has 0 aromatic heterocycles. The van der Waals surface area contributed by atoms with Crippen LogP contribution < -0.4 is 0 Å². The number of rotatable bonds is 2. The van der Waals surface area contributed by atoms with Crippen molar-refractivity contribution in [1.82, 2.24) is 0 Å². The largest absolute Gasteiger partial charge is 0.0882 e. The molecule has 0 N–H and O–H groups in total. The summed E-state index contributed by atoms with van der Waals surface area (Å²) in [4.78, 5) is 0. The Morgan fingerprint density at radius 1 is 1.22 bits per heavy atom. The zero-order chi connectivity index (χ0) is 6.10. The highest BCUT2D eigenvalue weighted by Crippen LogP contribution is 2.38. The van der Waals surface area contributed by atoms with Crippen molar-refractivity contribution in [1.29, 1.82) is 0 Å². The molecule has 0 aromatic carbocycles. The molecule has 0 radical (unpaired) electrons. The molecule has 1 fully saturated rings. The lowest BCUT2D eigenvalue weighted by Gasteiger charge is -2.03. The molecule has 9 heavy (non-hydrogen) atoms. The van der Waals surface area contributed by atoms with Gasteiger partial charge in [0, 0.05) is 0 Å². The van der Waals surface area contributed by atoms with Crippen LogP contribution in [0.1, 0.15) is 32.1 Å².